The van der Waals surface area contributed by atoms with E-state index < -0.39 is 13.9 Å². The molecule has 0 aliphatic heterocycles. The number of phosphoric acid groups is 1. The van der Waals surface area contributed by atoms with Gasteiger partial charge in [0.15, 0.2) is 0 Å². The molecule has 0 aliphatic carbocycles. The van der Waals surface area contributed by atoms with Gasteiger partial charge in [-0.2, -0.15) is 0 Å². The Labute approximate surface area is 270 Å². The number of unbranched alkanes of at least 4 members (excludes halogenated alkanes) is 11. The van der Waals surface area contributed by atoms with Crippen molar-refractivity contribution in [3.63, 3.8) is 0 Å². The van der Waals surface area contributed by atoms with Gasteiger partial charge in [-0.1, -0.05) is 108 Å². The van der Waals surface area contributed by atoms with Gasteiger partial charge in [0.25, 0.3) is 7.82 Å². The van der Waals surface area contributed by atoms with Crippen molar-refractivity contribution in [2.24, 2.45) is 0 Å². The Morgan fingerprint density at radius 1 is 0.727 bits per heavy atom. The number of nitrogens with zero attached hydrogens (tertiary/aromatic N) is 1. The Morgan fingerprint density at radius 3 is 1.98 bits per heavy atom. The molecular formula is C35H66NO7P. The number of likely N-dealkylation sites (N-methyl/N-ethyl adjacent to an activating group) is 1. The van der Waals surface area contributed by atoms with Gasteiger partial charge in [0.05, 0.1) is 34.4 Å². The van der Waals surface area contributed by atoms with Crippen molar-refractivity contribution in [1.29, 1.82) is 0 Å². The molecule has 0 aliphatic rings. The summed E-state index contributed by atoms with van der Waals surface area (Å²) in [4.78, 5) is 24.7. The Kier molecular flexibility index (Phi) is 28.3. The fraction of sp³-hybridized carbons (Fsp3) is 0.800. The van der Waals surface area contributed by atoms with Gasteiger partial charge in [0.2, 0.25) is 0 Å². The van der Waals surface area contributed by atoms with Crippen molar-refractivity contribution >= 4 is 13.8 Å². The van der Waals surface area contributed by atoms with E-state index in [2.05, 4.69) is 50.3 Å². The Bertz CT molecular complexity index is 807. The lowest BCUT2D eigenvalue weighted by atomic mass is 10.1. The van der Waals surface area contributed by atoms with E-state index in [4.69, 9.17) is 18.5 Å². The summed E-state index contributed by atoms with van der Waals surface area (Å²) in [5, 5.41) is 0. The molecule has 44 heavy (non-hydrogen) atoms. The molecule has 0 aromatic carbocycles. The van der Waals surface area contributed by atoms with E-state index in [1.165, 1.54) is 32.1 Å². The predicted octanol–water partition coefficient (Wildman–Crippen LogP) is 8.46. The number of hydrogen-bond acceptors (Lipinski definition) is 7. The Balaban J connectivity index is 4.36. The summed E-state index contributed by atoms with van der Waals surface area (Å²) in [6.45, 7) is 5.18. The summed E-state index contributed by atoms with van der Waals surface area (Å²) >= 11 is 0. The number of rotatable bonds is 31. The van der Waals surface area contributed by atoms with E-state index >= 15 is 0 Å². The van der Waals surface area contributed by atoms with Crippen LogP contribution < -0.4 is 4.89 Å². The molecular weight excluding hydrogens is 577 g/mol. The van der Waals surface area contributed by atoms with Crippen LogP contribution in [0.25, 0.3) is 0 Å². The highest BCUT2D eigenvalue weighted by Gasteiger charge is 2.20. The molecule has 0 radical (unpaired) electrons. The van der Waals surface area contributed by atoms with E-state index in [0.717, 1.165) is 70.6 Å². The maximum atomic E-state index is 12.5. The summed E-state index contributed by atoms with van der Waals surface area (Å²) in [7, 11) is 1.33. The lowest BCUT2D eigenvalue weighted by molar-refractivity contribution is -0.870. The van der Waals surface area contributed by atoms with Crippen molar-refractivity contribution in [1.82, 2.24) is 0 Å². The minimum absolute atomic E-state index is 0.0213. The molecule has 0 bridgehead atoms. The van der Waals surface area contributed by atoms with Crippen LogP contribution in [0.5, 0.6) is 0 Å². The summed E-state index contributed by atoms with van der Waals surface area (Å²) in [5.74, 6) is -0.350. The number of esters is 1. The van der Waals surface area contributed by atoms with Crippen LogP contribution >= 0.6 is 7.82 Å². The average Bonchev–Trinajstić information content (AvgIpc) is 2.96. The SMILES string of the molecule is CC/C=C\C/C=C\C/C=C\CCCCCCOCC(COP(=O)([O-])OCC[N+](C)(C)C)OC(=O)CCCCCCCCCC. The Morgan fingerprint density at radius 2 is 1.32 bits per heavy atom. The fourth-order valence-corrected chi connectivity index (χ4v) is 4.99. The van der Waals surface area contributed by atoms with Gasteiger partial charge >= 0.3 is 5.97 Å². The number of hydrogen-bond donors (Lipinski definition) is 0. The molecule has 0 rings (SSSR count). The van der Waals surface area contributed by atoms with Gasteiger partial charge in [-0.15, -0.1) is 0 Å². The van der Waals surface area contributed by atoms with E-state index in [0.29, 0.717) is 24.1 Å². The molecule has 0 N–H and O–H groups in total. The normalized spacial score (nSPS) is 14.6. The van der Waals surface area contributed by atoms with Crippen LogP contribution in [0.1, 0.15) is 123 Å². The molecule has 0 fully saturated rings. The molecule has 2 unspecified atom stereocenters. The molecule has 9 heteroatoms. The van der Waals surface area contributed by atoms with E-state index in [-0.39, 0.29) is 25.8 Å². The lowest BCUT2D eigenvalue weighted by Crippen LogP contribution is -2.37. The number of carbonyl (C=O) groups excluding carboxylic acids is 1. The smallest absolute Gasteiger partial charge is 0.306 e. The van der Waals surface area contributed by atoms with Gasteiger partial charge in [-0.3, -0.25) is 9.36 Å². The van der Waals surface area contributed by atoms with Crippen LogP contribution in [-0.4, -0.2) is 70.7 Å². The lowest BCUT2D eigenvalue weighted by Gasteiger charge is -2.28. The van der Waals surface area contributed by atoms with Gasteiger partial charge < -0.3 is 27.9 Å². The van der Waals surface area contributed by atoms with Crippen molar-refractivity contribution < 1.29 is 37.3 Å². The zero-order valence-electron chi connectivity index (χ0n) is 28.8. The highest BCUT2D eigenvalue weighted by molar-refractivity contribution is 7.45. The highest BCUT2D eigenvalue weighted by atomic mass is 31.2. The minimum atomic E-state index is -4.51. The largest absolute Gasteiger partial charge is 0.756 e. The molecule has 0 spiro atoms. The summed E-state index contributed by atoms with van der Waals surface area (Å²) in [5.41, 5.74) is 0. The van der Waals surface area contributed by atoms with Crippen LogP contribution in [-0.2, 0) is 27.9 Å². The van der Waals surface area contributed by atoms with Gasteiger partial charge in [-0.25, -0.2) is 0 Å². The monoisotopic (exact) mass is 643 g/mol. The first-order valence-electron chi connectivity index (χ1n) is 17.2. The highest BCUT2D eigenvalue weighted by Crippen LogP contribution is 2.38. The molecule has 0 saturated heterocycles. The molecule has 8 nitrogen and oxygen atoms in total. The Hall–Kier alpha value is -1.28. The second kappa shape index (κ2) is 29.1. The van der Waals surface area contributed by atoms with Gasteiger partial charge in [0, 0.05) is 13.0 Å². The van der Waals surface area contributed by atoms with Gasteiger partial charge in [-0.05, 0) is 44.9 Å². The third kappa shape index (κ3) is 32.1. The third-order valence-electron chi connectivity index (χ3n) is 6.96. The molecule has 0 saturated carbocycles. The fourth-order valence-electron chi connectivity index (χ4n) is 4.26. The van der Waals surface area contributed by atoms with E-state index in [1.54, 1.807) is 0 Å². The third-order valence-corrected chi connectivity index (χ3v) is 7.92. The molecule has 0 aromatic rings. The molecule has 0 amide bonds. The predicted molar refractivity (Wildman–Crippen MR) is 180 cm³/mol. The van der Waals surface area contributed by atoms with Crippen LogP contribution in [0, 0.1) is 0 Å². The van der Waals surface area contributed by atoms with Crippen molar-refractivity contribution in [3.8, 4) is 0 Å². The summed E-state index contributed by atoms with van der Waals surface area (Å²) in [6, 6.07) is 0. The minimum Gasteiger partial charge on any atom is -0.756 e. The first-order chi connectivity index (χ1) is 21.1. The molecule has 0 heterocycles. The summed E-state index contributed by atoms with van der Waals surface area (Å²) in [6.07, 6.45) is 30.2. The zero-order chi connectivity index (χ0) is 32.8. The van der Waals surface area contributed by atoms with Crippen LogP contribution in [0.4, 0.5) is 0 Å². The molecule has 0 aromatic heterocycles. The number of quaternary nitrogens is 1. The number of carbonyl (C=O) groups is 1. The first kappa shape index (κ1) is 42.7. The van der Waals surface area contributed by atoms with Crippen LogP contribution in [0.15, 0.2) is 36.5 Å². The average molecular weight is 644 g/mol. The van der Waals surface area contributed by atoms with Crippen molar-refractivity contribution in [2.45, 2.75) is 129 Å². The van der Waals surface area contributed by atoms with Crippen LogP contribution in [0.2, 0.25) is 0 Å². The quantitative estimate of drug-likeness (QED) is 0.0246. The van der Waals surface area contributed by atoms with E-state index in [1.807, 2.05) is 21.1 Å². The first-order valence-corrected chi connectivity index (χ1v) is 18.7. The number of ether oxygens (including phenoxy) is 2. The number of phosphoric ester groups is 1. The standard InChI is InChI=1S/C35H66NO7P/c1-6-8-10-12-14-16-17-18-19-20-21-23-25-27-30-40-32-34(33-42-44(38,39)41-31-29-36(3,4)5)43-35(37)28-26-24-22-15-13-11-9-7-2/h8,10,14,16,18-19,34H,6-7,9,11-13,15,17,20-33H2,1-5H3/b10-8-,16-14-,19-18-. The second-order valence-electron chi connectivity index (χ2n) is 12.5. The zero-order valence-corrected chi connectivity index (χ0v) is 29.7. The molecule has 258 valence electrons. The maximum Gasteiger partial charge on any atom is 0.306 e. The van der Waals surface area contributed by atoms with Gasteiger partial charge in [0.1, 0.15) is 19.3 Å². The number of allylic oxidation sites excluding steroid dienone is 6. The molecule has 2 atom stereocenters. The van der Waals surface area contributed by atoms with E-state index in [9.17, 15) is 14.3 Å². The van der Waals surface area contributed by atoms with Crippen molar-refractivity contribution in [2.75, 3.05) is 54.1 Å². The van der Waals surface area contributed by atoms with Crippen LogP contribution in [0.3, 0.4) is 0 Å². The second-order valence-corrected chi connectivity index (χ2v) is 13.9. The van der Waals surface area contributed by atoms with Crippen molar-refractivity contribution in [3.05, 3.63) is 36.5 Å². The maximum absolute atomic E-state index is 12.5. The topological polar surface area (TPSA) is 94.1 Å². The summed E-state index contributed by atoms with van der Waals surface area (Å²) < 4.78 is 34.2.